The van der Waals surface area contributed by atoms with Crippen LogP contribution < -0.4 is 5.32 Å². The summed E-state index contributed by atoms with van der Waals surface area (Å²) in [5.41, 5.74) is -2.61. The van der Waals surface area contributed by atoms with Crippen LogP contribution in [0.1, 0.15) is 23.0 Å². The molecular weight excluding hydrogens is 363 g/mol. The average Bonchev–Trinajstić information content (AvgIpc) is 2.89. The number of hydrogen-bond donors (Lipinski definition) is 1. The van der Waals surface area contributed by atoms with Gasteiger partial charge in [-0.25, -0.2) is 0 Å². The van der Waals surface area contributed by atoms with Crippen LogP contribution in [0, 0.1) is 6.92 Å². The number of alkyl halides is 5. The molecule has 6 nitrogen and oxygen atoms in total. The topological polar surface area (TPSA) is 80.9 Å². The van der Waals surface area contributed by atoms with Crippen LogP contribution >= 0.6 is 11.6 Å². The molecule has 0 bridgehead atoms. The van der Waals surface area contributed by atoms with Crippen LogP contribution in [0.5, 0.6) is 0 Å². The van der Waals surface area contributed by atoms with Gasteiger partial charge < -0.3 is 9.73 Å². The van der Waals surface area contributed by atoms with E-state index in [1.54, 1.807) is 0 Å². The van der Waals surface area contributed by atoms with Crippen molar-refractivity contribution in [2.24, 2.45) is 0 Å². The molecule has 2 rings (SSSR count). The summed E-state index contributed by atoms with van der Waals surface area (Å²) in [6.07, 6.45) is -4.63. The first-order valence-corrected chi connectivity index (χ1v) is 6.58. The van der Waals surface area contributed by atoms with E-state index in [1.807, 2.05) is 5.32 Å². The van der Waals surface area contributed by atoms with Crippen molar-refractivity contribution in [1.82, 2.24) is 20.5 Å². The van der Waals surface area contributed by atoms with Crippen molar-refractivity contribution in [1.29, 1.82) is 0 Å². The Kier molecular flexibility index (Phi) is 4.74. The van der Waals surface area contributed by atoms with Gasteiger partial charge in [-0.2, -0.15) is 22.0 Å². The summed E-state index contributed by atoms with van der Waals surface area (Å²) in [7, 11) is 0. The monoisotopic (exact) mass is 370 g/mol. The molecule has 0 radical (unpaired) electrons. The summed E-state index contributed by atoms with van der Waals surface area (Å²) in [6, 6.07) is 0.270. The Labute approximate surface area is 136 Å². The minimum Gasteiger partial charge on any atom is -0.424 e. The lowest BCUT2D eigenvalue weighted by Crippen LogP contribution is -2.38. The van der Waals surface area contributed by atoms with Gasteiger partial charge in [0.05, 0.1) is 17.1 Å². The van der Waals surface area contributed by atoms with Crippen molar-refractivity contribution in [3.63, 3.8) is 0 Å². The molecule has 0 spiro atoms. The van der Waals surface area contributed by atoms with Gasteiger partial charge >= 0.3 is 12.1 Å². The second-order valence-corrected chi connectivity index (χ2v) is 4.93. The van der Waals surface area contributed by atoms with Crippen LogP contribution in [0.3, 0.4) is 0 Å². The van der Waals surface area contributed by atoms with E-state index in [2.05, 4.69) is 15.2 Å². The Morgan fingerprint density at radius 3 is 2.46 bits per heavy atom. The van der Waals surface area contributed by atoms with E-state index in [9.17, 15) is 26.7 Å². The smallest absolute Gasteiger partial charge is 0.417 e. The fourth-order valence-electron chi connectivity index (χ4n) is 1.61. The predicted molar refractivity (Wildman–Crippen MR) is 69.0 cm³/mol. The van der Waals surface area contributed by atoms with Crippen molar-refractivity contribution >= 4 is 17.5 Å². The number of aromatic nitrogens is 3. The van der Waals surface area contributed by atoms with Gasteiger partial charge in [0.2, 0.25) is 11.8 Å². The summed E-state index contributed by atoms with van der Waals surface area (Å²) in [4.78, 5) is 14.6. The van der Waals surface area contributed by atoms with Crippen molar-refractivity contribution in [3.8, 4) is 0 Å². The number of nitrogens with zero attached hydrogens (tertiary/aromatic N) is 3. The Bertz CT molecular complexity index is 762. The van der Waals surface area contributed by atoms with Gasteiger partial charge in [-0.15, -0.1) is 10.2 Å². The summed E-state index contributed by atoms with van der Waals surface area (Å²) in [5.74, 6) is -6.04. The summed E-state index contributed by atoms with van der Waals surface area (Å²) in [5, 5.41) is 7.75. The average molecular weight is 371 g/mol. The predicted octanol–water partition coefficient (Wildman–Crippen LogP) is 2.85. The van der Waals surface area contributed by atoms with Gasteiger partial charge in [0.15, 0.2) is 0 Å². The van der Waals surface area contributed by atoms with Gasteiger partial charge in [0.1, 0.15) is 5.69 Å². The highest BCUT2D eigenvalue weighted by Crippen LogP contribution is 2.36. The third-order valence-electron chi connectivity index (χ3n) is 2.72. The van der Waals surface area contributed by atoms with E-state index in [4.69, 9.17) is 16.0 Å². The third kappa shape index (κ3) is 3.78. The fraction of sp³-hybridized carbons (Fsp3) is 0.333. The van der Waals surface area contributed by atoms with E-state index < -0.39 is 40.8 Å². The number of amides is 1. The molecule has 12 heteroatoms. The van der Waals surface area contributed by atoms with Gasteiger partial charge in [-0.05, 0) is 6.07 Å². The molecule has 2 aromatic rings. The Hall–Kier alpha value is -2.30. The van der Waals surface area contributed by atoms with Crippen molar-refractivity contribution in [3.05, 3.63) is 40.3 Å². The minimum absolute atomic E-state index is 0.122. The van der Waals surface area contributed by atoms with Crippen LogP contribution in [-0.2, 0) is 23.4 Å². The Balaban J connectivity index is 2.18. The zero-order chi connectivity index (χ0) is 18.1. The molecule has 0 atom stereocenters. The van der Waals surface area contributed by atoms with E-state index in [0.29, 0.717) is 0 Å². The molecule has 0 fully saturated rings. The van der Waals surface area contributed by atoms with E-state index in [1.165, 1.54) is 6.92 Å². The number of pyridine rings is 1. The first-order valence-electron chi connectivity index (χ1n) is 6.20. The molecule has 0 aliphatic carbocycles. The zero-order valence-electron chi connectivity index (χ0n) is 11.8. The van der Waals surface area contributed by atoms with E-state index in [0.717, 1.165) is 0 Å². The summed E-state index contributed by atoms with van der Waals surface area (Å²) in [6.45, 7) is 0.965. The zero-order valence-corrected chi connectivity index (χ0v) is 12.5. The number of halogens is 6. The summed E-state index contributed by atoms with van der Waals surface area (Å²) < 4.78 is 70.4. The number of carbonyl (C=O) groups is 1. The molecule has 24 heavy (non-hydrogen) atoms. The molecule has 1 N–H and O–H groups in total. The molecule has 0 aliphatic heterocycles. The van der Waals surface area contributed by atoms with E-state index >= 15 is 0 Å². The number of hydrogen-bond acceptors (Lipinski definition) is 5. The second kappa shape index (κ2) is 6.30. The Morgan fingerprint density at radius 2 is 1.96 bits per heavy atom. The molecule has 0 aliphatic rings. The van der Waals surface area contributed by atoms with Crippen LogP contribution in [0.2, 0.25) is 5.02 Å². The molecule has 2 heterocycles. The van der Waals surface area contributed by atoms with Crippen LogP contribution in [-0.4, -0.2) is 21.1 Å². The normalized spacial score (nSPS) is 12.3. The highest BCUT2D eigenvalue weighted by Gasteiger charge is 2.45. The lowest BCUT2D eigenvalue weighted by molar-refractivity contribution is -0.147. The first-order chi connectivity index (χ1) is 11.0. The molecule has 0 unspecified atom stereocenters. The molecule has 0 saturated heterocycles. The van der Waals surface area contributed by atoms with Gasteiger partial charge in [-0.3, -0.25) is 9.78 Å². The highest BCUT2D eigenvalue weighted by atomic mass is 35.5. The maximum Gasteiger partial charge on any atom is 0.417 e. The Morgan fingerprint density at radius 1 is 1.29 bits per heavy atom. The second-order valence-electron chi connectivity index (χ2n) is 4.52. The van der Waals surface area contributed by atoms with Crippen molar-refractivity contribution < 1.29 is 31.2 Å². The van der Waals surface area contributed by atoms with Crippen molar-refractivity contribution in [2.45, 2.75) is 25.6 Å². The molecule has 1 amide bonds. The van der Waals surface area contributed by atoms with E-state index in [-0.39, 0.29) is 24.0 Å². The first kappa shape index (κ1) is 18.0. The fourth-order valence-corrected chi connectivity index (χ4v) is 1.89. The van der Waals surface area contributed by atoms with Gasteiger partial charge in [0, 0.05) is 13.1 Å². The van der Waals surface area contributed by atoms with Crippen LogP contribution in [0.4, 0.5) is 22.0 Å². The largest absolute Gasteiger partial charge is 0.424 e. The quantitative estimate of drug-likeness (QED) is 0.837. The maximum atomic E-state index is 14.0. The van der Waals surface area contributed by atoms with Gasteiger partial charge in [0.25, 0.3) is 5.91 Å². The summed E-state index contributed by atoms with van der Waals surface area (Å²) >= 11 is 5.42. The maximum absolute atomic E-state index is 14.0. The number of carbonyl (C=O) groups excluding carboxylic acids is 1. The van der Waals surface area contributed by atoms with Crippen LogP contribution in [0.15, 0.2) is 16.7 Å². The lowest BCUT2D eigenvalue weighted by atomic mass is 10.1. The lowest BCUT2D eigenvalue weighted by Gasteiger charge is -2.17. The number of rotatable bonds is 4. The van der Waals surface area contributed by atoms with Gasteiger partial charge in [-0.1, -0.05) is 11.6 Å². The molecular formula is C12H8ClF5N4O2. The number of aryl methyl sites for hydroxylation is 1. The van der Waals surface area contributed by atoms with Crippen LogP contribution in [0.25, 0.3) is 0 Å². The molecule has 0 saturated carbocycles. The highest BCUT2D eigenvalue weighted by molar-refractivity contribution is 6.31. The SMILES string of the molecule is Cc1nnc(CNC(=O)C(F)(F)c2ncc(C(F)(F)F)cc2Cl)o1. The van der Waals surface area contributed by atoms with Crippen molar-refractivity contribution in [2.75, 3.05) is 0 Å². The molecule has 130 valence electrons. The molecule has 2 aromatic heterocycles. The third-order valence-corrected chi connectivity index (χ3v) is 3.01. The standard InChI is InChI=1S/C12H8ClF5N4O2/c1-5-21-22-8(24-5)4-20-10(23)11(14,15)9-7(13)2-6(3-19-9)12(16,17)18/h2-3H,4H2,1H3,(H,20,23). The number of nitrogens with one attached hydrogen (secondary N) is 1. The minimum atomic E-state index is -4.80. The molecule has 0 aromatic carbocycles.